The molecule has 4 rings (SSSR count). The standard InChI is InChI=1S/C29H27ClN2O4S/c1-4-5-17-36-29(35)20-9-13-22(14-10-20)32-27(33)25(31-24-8-6-7-18(2)19(24)3)26(28(32)34)37-23-15-11-21(30)12-16-23/h6-16,31H,4-5,17H2,1-3H3. The zero-order chi connectivity index (χ0) is 26.5. The summed E-state index contributed by atoms with van der Waals surface area (Å²) >= 11 is 7.23. The SMILES string of the molecule is CCCCOC(=O)c1ccc(N2C(=O)C(Nc3cccc(C)c3C)=C(Sc3ccc(Cl)cc3)C2=O)cc1. The smallest absolute Gasteiger partial charge is 0.338 e. The van der Waals surface area contributed by atoms with E-state index in [1.54, 1.807) is 48.5 Å². The van der Waals surface area contributed by atoms with Crippen LogP contribution in [0.15, 0.2) is 82.2 Å². The number of nitrogens with one attached hydrogen (secondary N) is 1. The summed E-state index contributed by atoms with van der Waals surface area (Å²) in [4.78, 5) is 41.7. The molecule has 6 nitrogen and oxygen atoms in total. The number of unbranched alkanes of at least 4 members (excludes halogenated alkanes) is 1. The van der Waals surface area contributed by atoms with Gasteiger partial charge in [-0.15, -0.1) is 0 Å². The number of anilines is 2. The lowest BCUT2D eigenvalue weighted by atomic mass is 10.1. The Morgan fingerprint density at radius 3 is 2.35 bits per heavy atom. The highest BCUT2D eigenvalue weighted by molar-refractivity contribution is 8.04. The summed E-state index contributed by atoms with van der Waals surface area (Å²) in [5, 5.41) is 3.80. The number of hydrogen-bond donors (Lipinski definition) is 1. The van der Waals surface area contributed by atoms with Crippen molar-refractivity contribution in [2.45, 2.75) is 38.5 Å². The van der Waals surface area contributed by atoms with Crippen LogP contribution in [0.1, 0.15) is 41.3 Å². The maximum absolute atomic E-state index is 13.6. The monoisotopic (exact) mass is 534 g/mol. The number of imide groups is 1. The second-order valence-electron chi connectivity index (χ2n) is 8.61. The van der Waals surface area contributed by atoms with Crippen molar-refractivity contribution in [1.82, 2.24) is 0 Å². The van der Waals surface area contributed by atoms with Crippen LogP contribution in [-0.2, 0) is 14.3 Å². The van der Waals surface area contributed by atoms with Crippen LogP contribution >= 0.6 is 23.4 Å². The summed E-state index contributed by atoms with van der Waals surface area (Å²) in [6.45, 7) is 6.31. The van der Waals surface area contributed by atoms with E-state index in [9.17, 15) is 14.4 Å². The van der Waals surface area contributed by atoms with Gasteiger partial charge in [-0.25, -0.2) is 9.69 Å². The fourth-order valence-corrected chi connectivity index (χ4v) is 4.78. The minimum atomic E-state index is -0.472. The Bertz CT molecular complexity index is 1370. The topological polar surface area (TPSA) is 75.7 Å². The van der Waals surface area contributed by atoms with Crippen molar-refractivity contribution in [3.8, 4) is 0 Å². The first-order valence-corrected chi connectivity index (χ1v) is 13.2. The van der Waals surface area contributed by atoms with Gasteiger partial charge in [0.25, 0.3) is 11.8 Å². The first-order chi connectivity index (χ1) is 17.8. The molecule has 0 saturated carbocycles. The first kappa shape index (κ1) is 26.5. The molecule has 0 saturated heterocycles. The number of halogens is 1. The number of esters is 1. The third kappa shape index (κ3) is 5.89. The maximum atomic E-state index is 13.6. The Kier molecular flexibility index (Phi) is 8.36. The number of carbonyl (C=O) groups is 3. The Labute approximate surface area is 225 Å². The summed E-state index contributed by atoms with van der Waals surface area (Å²) in [7, 11) is 0. The number of carbonyl (C=O) groups excluding carboxylic acids is 3. The zero-order valence-corrected chi connectivity index (χ0v) is 22.4. The van der Waals surface area contributed by atoms with E-state index in [1.807, 2.05) is 39.0 Å². The van der Waals surface area contributed by atoms with Crippen molar-refractivity contribution in [3.63, 3.8) is 0 Å². The normalized spacial score (nSPS) is 13.4. The van der Waals surface area contributed by atoms with Gasteiger partial charge >= 0.3 is 5.97 Å². The largest absolute Gasteiger partial charge is 0.462 e. The summed E-state index contributed by atoms with van der Waals surface area (Å²) in [6.07, 6.45) is 1.71. The number of aryl methyl sites for hydroxylation is 1. The van der Waals surface area contributed by atoms with Gasteiger partial charge in [-0.05, 0) is 86.0 Å². The fourth-order valence-electron chi connectivity index (χ4n) is 3.73. The second-order valence-corrected chi connectivity index (χ2v) is 10.1. The summed E-state index contributed by atoms with van der Waals surface area (Å²) in [5.41, 5.74) is 3.71. The molecule has 1 N–H and O–H groups in total. The number of thioether (sulfide) groups is 1. The molecule has 0 radical (unpaired) electrons. The van der Waals surface area contributed by atoms with Crippen LogP contribution in [0.5, 0.6) is 0 Å². The zero-order valence-electron chi connectivity index (χ0n) is 20.8. The Morgan fingerprint density at radius 1 is 0.973 bits per heavy atom. The third-order valence-corrected chi connectivity index (χ3v) is 7.37. The molecule has 0 bridgehead atoms. The Balaban J connectivity index is 1.65. The molecule has 0 aromatic heterocycles. The predicted octanol–water partition coefficient (Wildman–Crippen LogP) is 6.90. The lowest BCUT2D eigenvalue weighted by molar-refractivity contribution is -0.120. The molecular formula is C29H27ClN2O4S. The van der Waals surface area contributed by atoms with Gasteiger partial charge in [0.15, 0.2) is 0 Å². The molecule has 0 fully saturated rings. The number of ether oxygens (including phenoxy) is 1. The summed E-state index contributed by atoms with van der Waals surface area (Å²) < 4.78 is 5.25. The highest BCUT2D eigenvalue weighted by Crippen LogP contribution is 2.38. The molecule has 0 spiro atoms. The molecule has 37 heavy (non-hydrogen) atoms. The highest BCUT2D eigenvalue weighted by Gasteiger charge is 2.40. The number of hydrogen-bond acceptors (Lipinski definition) is 6. The lowest BCUT2D eigenvalue weighted by Gasteiger charge is -2.16. The molecular weight excluding hydrogens is 508 g/mol. The number of benzene rings is 3. The van der Waals surface area contributed by atoms with Crippen LogP contribution in [-0.4, -0.2) is 24.4 Å². The second kappa shape index (κ2) is 11.7. The van der Waals surface area contributed by atoms with Crippen molar-refractivity contribution >= 4 is 52.5 Å². The molecule has 8 heteroatoms. The van der Waals surface area contributed by atoms with Crippen LogP contribution in [0.25, 0.3) is 0 Å². The van der Waals surface area contributed by atoms with Gasteiger partial charge < -0.3 is 10.1 Å². The molecule has 0 atom stereocenters. The predicted molar refractivity (Wildman–Crippen MR) is 148 cm³/mol. The molecule has 1 heterocycles. The quantitative estimate of drug-likeness (QED) is 0.183. The number of nitrogens with zero attached hydrogens (tertiary/aromatic N) is 1. The summed E-state index contributed by atoms with van der Waals surface area (Å²) in [5.74, 6) is -1.36. The molecule has 2 amide bonds. The van der Waals surface area contributed by atoms with Gasteiger partial charge in [0, 0.05) is 15.6 Å². The molecule has 1 aliphatic rings. The van der Waals surface area contributed by atoms with Gasteiger partial charge in [-0.1, -0.05) is 48.8 Å². The van der Waals surface area contributed by atoms with E-state index < -0.39 is 17.8 Å². The van der Waals surface area contributed by atoms with Crippen LogP contribution < -0.4 is 10.2 Å². The van der Waals surface area contributed by atoms with E-state index in [0.29, 0.717) is 22.9 Å². The van der Waals surface area contributed by atoms with E-state index in [0.717, 1.165) is 39.5 Å². The number of rotatable bonds is 9. The molecule has 1 aliphatic heterocycles. The van der Waals surface area contributed by atoms with Gasteiger partial charge in [0.05, 0.1) is 17.9 Å². The minimum Gasteiger partial charge on any atom is -0.462 e. The molecule has 0 aliphatic carbocycles. The van der Waals surface area contributed by atoms with Gasteiger partial charge in [0.2, 0.25) is 0 Å². The minimum absolute atomic E-state index is 0.196. The van der Waals surface area contributed by atoms with E-state index in [-0.39, 0.29) is 10.6 Å². The van der Waals surface area contributed by atoms with E-state index in [1.165, 1.54) is 11.8 Å². The van der Waals surface area contributed by atoms with Crippen LogP contribution in [0.2, 0.25) is 5.02 Å². The fraction of sp³-hybridized carbons (Fsp3) is 0.207. The van der Waals surface area contributed by atoms with E-state index in [2.05, 4.69) is 5.32 Å². The highest BCUT2D eigenvalue weighted by atomic mass is 35.5. The van der Waals surface area contributed by atoms with E-state index in [4.69, 9.17) is 16.3 Å². The average molecular weight is 535 g/mol. The first-order valence-electron chi connectivity index (χ1n) is 12.0. The lowest BCUT2D eigenvalue weighted by Crippen LogP contribution is -2.32. The van der Waals surface area contributed by atoms with Crippen molar-refractivity contribution in [2.75, 3.05) is 16.8 Å². The Morgan fingerprint density at radius 2 is 1.68 bits per heavy atom. The molecule has 0 unspecified atom stereocenters. The molecule has 3 aromatic carbocycles. The van der Waals surface area contributed by atoms with Crippen LogP contribution in [0, 0.1) is 13.8 Å². The van der Waals surface area contributed by atoms with E-state index >= 15 is 0 Å². The van der Waals surface area contributed by atoms with Gasteiger partial charge in [-0.2, -0.15) is 0 Å². The van der Waals surface area contributed by atoms with Crippen molar-refractivity contribution < 1.29 is 19.1 Å². The molecule has 3 aromatic rings. The van der Waals surface area contributed by atoms with Crippen molar-refractivity contribution in [3.05, 3.63) is 99.0 Å². The number of amides is 2. The van der Waals surface area contributed by atoms with Crippen LogP contribution in [0.4, 0.5) is 11.4 Å². The maximum Gasteiger partial charge on any atom is 0.338 e. The van der Waals surface area contributed by atoms with Gasteiger partial charge in [0.1, 0.15) is 10.6 Å². The van der Waals surface area contributed by atoms with Crippen molar-refractivity contribution in [1.29, 1.82) is 0 Å². The summed E-state index contributed by atoms with van der Waals surface area (Å²) in [6, 6.07) is 19.1. The molecule has 190 valence electrons. The van der Waals surface area contributed by atoms with Crippen LogP contribution in [0.3, 0.4) is 0 Å². The third-order valence-electron chi connectivity index (χ3n) is 6.03. The van der Waals surface area contributed by atoms with Crippen molar-refractivity contribution in [2.24, 2.45) is 0 Å². The van der Waals surface area contributed by atoms with Gasteiger partial charge in [-0.3, -0.25) is 9.59 Å². The Hall–Kier alpha value is -3.55. The average Bonchev–Trinajstić information content (AvgIpc) is 3.12.